The molecule has 0 spiro atoms. The Morgan fingerprint density at radius 3 is 2.43 bits per heavy atom. The Labute approximate surface area is 150 Å². The van der Waals surface area contributed by atoms with Crippen LogP contribution in [0.4, 0.5) is 0 Å². The average molecular weight is 360 g/mol. The molecule has 1 fully saturated rings. The second kappa shape index (κ2) is 6.87. The summed E-state index contributed by atoms with van der Waals surface area (Å²) in [7, 11) is 0. The highest BCUT2D eigenvalue weighted by atomic mass is 35.5. The maximum atomic E-state index is 12.7. The van der Waals surface area contributed by atoms with Crippen molar-refractivity contribution in [2.24, 2.45) is 0 Å². The Bertz CT molecular complexity index is 771. The molecule has 2 aromatic rings. The molecule has 0 radical (unpaired) electrons. The van der Waals surface area contributed by atoms with Gasteiger partial charge in [0.05, 0.1) is 10.9 Å². The van der Waals surface area contributed by atoms with Crippen molar-refractivity contribution in [2.75, 3.05) is 0 Å². The van der Waals surface area contributed by atoms with Crippen LogP contribution in [0.25, 0.3) is 6.08 Å². The number of halogens is 1. The van der Waals surface area contributed by atoms with Gasteiger partial charge in [-0.05, 0) is 36.3 Å². The van der Waals surface area contributed by atoms with Crippen molar-refractivity contribution in [3.8, 4) is 0 Å². The molecule has 0 N–H and O–H groups in total. The maximum absolute atomic E-state index is 12.7. The molecule has 0 aromatic heterocycles. The summed E-state index contributed by atoms with van der Waals surface area (Å²) in [6.45, 7) is 1.99. The third-order valence-electron chi connectivity index (χ3n) is 3.66. The number of carbonyl (C=O) groups is 1. The third kappa shape index (κ3) is 3.50. The van der Waals surface area contributed by atoms with Gasteiger partial charge in [-0.25, -0.2) is 0 Å². The molecule has 2 aromatic carbocycles. The van der Waals surface area contributed by atoms with Crippen LogP contribution in [-0.2, 0) is 4.79 Å². The van der Waals surface area contributed by atoms with E-state index in [2.05, 4.69) is 0 Å². The van der Waals surface area contributed by atoms with Crippen LogP contribution in [0.15, 0.2) is 59.5 Å². The zero-order valence-electron chi connectivity index (χ0n) is 12.4. The lowest BCUT2D eigenvalue weighted by Crippen LogP contribution is -2.30. The standard InChI is InChI=1S/C18H14ClNOS2/c1-12(14-5-3-2-4-6-14)20-17(21)16(23-18(20)22)11-13-7-9-15(19)10-8-13/h2-12H,1H3/b16-11-/t12-/m0/s1. The minimum atomic E-state index is -0.0835. The molecule has 0 bridgehead atoms. The lowest BCUT2D eigenvalue weighted by Gasteiger charge is -2.23. The summed E-state index contributed by atoms with van der Waals surface area (Å²) < 4.78 is 0.589. The Morgan fingerprint density at radius 2 is 1.78 bits per heavy atom. The second-order valence-electron chi connectivity index (χ2n) is 5.19. The van der Waals surface area contributed by atoms with Crippen molar-refractivity contribution in [3.05, 3.63) is 75.7 Å². The van der Waals surface area contributed by atoms with Gasteiger partial charge in [0.2, 0.25) is 0 Å². The van der Waals surface area contributed by atoms with Gasteiger partial charge >= 0.3 is 0 Å². The number of thiocarbonyl (C=S) groups is 1. The molecule has 1 heterocycles. The molecule has 0 saturated carbocycles. The molecule has 5 heteroatoms. The number of hydrogen-bond acceptors (Lipinski definition) is 3. The molecule has 0 unspecified atom stereocenters. The Morgan fingerprint density at radius 1 is 1.13 bits per heavy atom. The predicted octanol–water partition coefficient (Wildman–Crippen LogP) is 5.30. The van der Waals surface area contributed by atoms with Gasteiger partial charge in [-0.3, -0.25) is 9.69 Å². The number of amides is 1. The molecule has 1 atom stereocenters. The number of rotatable bonds is 3. The van der Waals surface area contributed by atoms with Gasteiger partial charge in [-0.1, -0.05) is 78.0 Å². The lowest BCUT2D eigenvalue weighted by atomic mass is 10.1. The number of thioether (sulfide) groups is 1. The first kappa shape index (κ1) is 16.2. The predicted molar refractivity (Wildman–Crippen MR) is 101 cm³/mol. The smallest absolute Gasteiger partial charge is 0.266 e. The maximum Gasteiger partial charge on any atom is 0.266 e. The second-order valence-corrected chi connectivity index (χ2v) is 7.30. The quantitative estimate of drug-likeness (QED) is 0.547. The zero-order chi connectivity index (χ0) is 16.4. The van der Waals surface area contributed by atoms with Crippen LogP contribution in [0.5, 0.6) is 0 Å². The normalized spacial score (nSPS) is 17.8. The van der Waals surface area contributed by atoms with E-state index in [1.165, 1.54) is 11.8 Å². The topological polar surface area (TPSA) is 20.3 Å². The molecule has 1 aliphatic rings. The molecule has 3 rings (SSSR count). The number of carbonyl (C=O) groups excluding carboxylic acids is 1. The first-order valence-electron chi connectivity index (χ1n) is 7.14. The zero-order valence-corrected chi connectivity index (χ0v) is 14.8. The van der Waals surface area contributed by atoms with Crippen molar-refractivity contribution >= 4 is 51.9 Å². The first-order chi connectivity index (χ1) is 11.1. The van der Waals surface area contributed by atoms with Gasteiger partial charge in [-0.2, -0.15) is 0 Å². The number of benzene rings is 2. The molecule has 1 aliphatic heterocycles. The Hall–Kier alpha value is -1.62. The fraction of sp³-hybridized carbons (Fsp3) is 0.111. The van der Waals surface area contributed by atoms with Crippen molar-refractivity contribution in [1.82, 2.24) is 4.90 Å². The molecule has 23 heavy (non-hydrogen) atoms. The summed E-state index contributed by atoms with van der Waals surface area (Å²) in [6, 6.07) is 17.2. The lowest BCUT2D eigenvalue weighted by molar-refractivity contribution is -0.123. The van der Waals surface area contributed by atoms with Crippen LogP contribution in [0, 0.1) is 0 Å². The van der Waals surface area contributed by atoms with E-state index in [0.29, 0.717) is 14.2 Å². The summed E-state index contributed by atoms with van der Waals surface area (Å²) in [6.07, 6.45) is 1.85. The highest BCUT2D eigenvalue weighted by molar-refractivity contribution is 8.26. The number of nitrogens with zero attached hydrogens (tertiary/aromatic N) is 1. The van der Waals surface area contributed by atoms with Gasteiger partial charge in [0.15, 0.2) is 0 Å². The van der Waals surface area contributed by atoms with Gasteiger partial charge in [0.25, 0.3) is 5.91 Å². The van der Waals surface area contributed by atoms with Crippen molar-refractivity contribution in [3.63, 3.8) is 0 Å². The van der Waals surface area contributed by atoms with Gasteiger partial charge in [0.1, 0.15) is 4.32 Å². The summed E-state index contributed by atoms with van der Waals surface area (Å²) in [5, 5.41) is 0.674. The molecule has 1 saturated heterocycles. The van der Waals surface area contributed by atoms with E-state index in [1.54, 1.807) is 17.0 Å². The van der Waals surface area contributed by atoms with E-state index in [4.69, 9.17) is 23.8 Å². The summed E-state index contributed by atoms with van der Waals surface area (Å²) >= 11 is 12.6. The van der Waals surface area contributed by atoms with Crippen LogP contribution in [0.1, 0.15) is 24.1 Å². The van der Waals surface area contributed by atoms with Crippen molar-refractivity contribution in [2.45, 2.75) is 13.0 Å². The molecule has 116 valence electrons. The fourth-order valence-corrected chi connectivity index (χ4v) is 3.95. The van der Waals surface area contributed by atoms with Crippen molar-refractivity contribution in [1.29, 1.82) is 0 Å². The van der Waals surface area contributed by atoms with Crippen molar-refractivity contribution < 1.29 is 4.79 Å². The van der Waals surface area contributed by atoms with Gasteiger partial charge in [-0.15, -0.1) is 0 Å². The fourth-order valence-electron chi connectivity index (χ4n) is 2.40. The average Bonchev–Trinajstić information content (AvgIpc) is 2.84. The van der Waals surface area contributed by atoms with Gasteiger partial charge < -0.3 is 0 Å². The molecular formula is C18H14ClNOS2. The van der Waals surface area contributed by atoms with Crippen LogP contribution in [0.3, 0.4) is 0 Å². The SMILES string of the molecule is C[C@@H](c1ccccc1)N1C(=O)/C(=C/c2ccc(Cl)cc2)SC1=S. The summed E-state index contributed by atoms with van der Waals surface area (Å²) in [5.41, 5.74) is 2.00. The van der Waals surface area contributed by atoms with Gasteiger partial charge in [0, 0.05) is 5.02 Å². The molecule has 1 amide bonds. The monoisotopic (exact) mass is 359 g/mol. The minimum absolute atomic E-state index is 0.0497. The summed E-state index contributed by atoms with van der Waals surface area (Å²) in [5.74, 6) is -0.0497. The van der Waals surface area contributed by atoms with E-state index < -0.39 is 0 Å². The van der Waals surface area contributed by atoms with E-state index in [0.717, 1.165) is 11.1 Å². The van der Waals surface area contributed by atoms with E-state index in [-0.39, 0.29) is 11.9 Å². The number of hydrogen-bond donors (Lipinski definition) is 0. The first-order valence-corrected chi connectivity index (χ1v) is 8.74. The highest BCUT2D eigenvalue weighted by Gasteiger charge is 2.35. The summed E-state index contributed by atoms with van der Waals surface area (Å²) in [4.78, 5) is 15.0. The van der Waals surface area contributed by atoms with E-state index >= 15 is 0 Å². The molecule has 2 nitrogen and oxygen atoms in total. The molecule has 0 aliphatic carbocycles. The van der Waals surface area contributed by atoms with E-state index in [9.17, 15) is 4.79 Å². The highest BCUT2D eigenvalue weighted by Crippen LogP contribution is 2.37. The van der Waals surface area contributed by atoms with Crippen LogP contribution < -0.4 is 0 Å². The molecular weight excluding hydrogens is 346 g/mol. The third-order valence-corrected chi connectivity index (χ3v) is 5.24. The Balaban J connectivity index is 1.86. The Kier molecular flexibility index (Phi) is 4.85. The minimum Gasteiger partial charge on any atom is -0.286 e. The van der Waals surface area contributed by atoms with Crippen LogP contribution in [-0.4, -0.2) is 15.1 Å². The van der Waals surface area contributed by atoms with E-state index in [1.807, 2.05) is 55.5 Å². The largest absolute Gasteiger partial charge is 0.286 e. The van der Waals surface area contributed by atoms with Crippen LogP contribution in [0.2, 0.25) is 5.02 Å². The van der Waals surface area contributed by atoms with Crippen LogP contribution >= 0.6 is 35.6 Å².